The van der Waals surface area contributed by atoms with E-state index in [0.717, 1.165) is 22.5 Å². The molecule has 0 saturated carbocycles. The lowest BCUT2D eigenvalue weighted by Crippen LogP contribution is -2.53. The zero-order valence-electron chi connectivity index (χ0n) is 15.7. The van der Waals surface area contributed by atoms with Gasteiger partial charge in [-0.25, -0.2) is 0 Å². The van der Waals surface area contributed by atoms with Crippen molar-refractivity contribution in [3.63, 3.8) is 0 Å². The number of nitrogens with two attached hydrogens (primary N) is 1. The van der Waals surface area contributed by atoms with Crippen LogP contribution in [0.3, 0.4) is 0 Å². The molecular formula is C22H16N5O3+. The second-order valence-corrected chi connectivity index (χ2v) is 6.86. The van der Waals surface area contributed by atoms with Gasteiger partial charge in [-0.3, -0.25) is 15.1 Å². The zero-order chi connectivity index (χ0) is 20.7. The molecule has 0 radical (unpaired) electrons. The summed E-state index contributed by atoms with van der Waals surface area (Å²) in [7, 11) is 0. The van der Waals surface area contributed by atoms with Crippen LogP contribution in [0.5, 0.6) is 11.5 Å². The maximum Gasteiger partial charge on any atom is 0.311 e. The summed E-state index contributed by atoms with van der Waals surface area (Å²) in [6.07, 6.45) is 11.1. The molecule has 2 aromatic carbocycles. The van der Waals surface area contributed by atoms with E-state index in [1.54, 1.807) is 48.9 Å². The standard InChI is InChI=1S/C22H16N5O3/c23-27-13-12-24-14-19(27)21(15-4-3-5-15)25-22(27)16-8-10-17(11-9-16)30-20-7-2-1-6-18(20)26(28)29/h1-14H,23H2/q+1. The van der Waals surface area contributed by atoms with Gasteiger partial charge in [0.15, 0.2) is 0 Å². The van der Waals surface area contributed by atoms with Crippen molar-refractivity contribution in [3.05, 3.63) is 112 Å². The Labute approximate surface area is 171 Å². The molecule has 0 bridgehead atoms. The predicted octanol–water partition coefficient (Wildman–Crippen LogP) is 4.10. The van der Waals surface area contributed by atoms with Crippen LogP contribution in [0.25, 0.3) is 0 Å². The second-order valence-electron chi connectivity index (χ2n) is 6.86. The molecule has 2 heterocycles. The lowest BCUT2D eigenvalue weighted by atomic mass is 10.0. The minimum Gasteiger partial charge on any atom is -0.450 e. The van der Waals surface area contributed by atoms with E-state index in [-0.39, 0.29) is 16.0 Å². The molecule has 2 aromatic rings. The third-order valence-corrected chi connectivity index (χ3v) is 5.02. The molecule has 8 nitrogen and oxygen atoms in total. The minimum absolute atomic E-state index is 0.0750. The van der Waals surface area contributed by atoms with E-state index >= 15 is 0 Å². The fraction of sp³-hybridized carbons (Fsp3) is 0. The molecule has 0 saturated heterocycles. The van der Waals surface area contributed by atoms with E-state index in [2.05, 4.69) is 4.99 Å². The van der Waals surface area contributed by atoms with Crippen LogP contribution in [0.15, 0.2) is 106 Å². The molecule has 1 atom stereocenters. The van der Waals surface area contributed by atoms with Gasteiger partial charge in [-0.1, -0.05) is 30.4 Å². The number of nitro benzene ring substituents is 1. The number of para-hydroxylation sites is 2. The van der Waals surface area contributed by atoms with Gasteiger partial charge < -0.3 is 4.74 Å². The van der Waals surface area contributed by atoms with Crippen LogP contribution in [0, 0.1) is 10.1 Å². The molecule has 8 heteroatoms. The third-order valence-electron chi connectivity index (χ3n) is 5.02. The molecule has 1 aliphatic carbocycles. The maximum atomic E-state index is 11.2. The van der Waals surface area contributed by atoms with Crippen LogP contribution >= 0.6 is 0 Å². The van der Waals surface area contributed by atoms with Crippen molar-refractivity contribution >= 4 is 17.7 Å². The summed E-state index contributed by atoms with van der Waals surface area (Å²) in [5, 5.41) is 11.2. The summed E-state index contributed by atoms with van der Waals surface area (Å²) in [6.45, 7) is 0. The van der Waals surface area contributed by atoms with Crippen molar-refractivity contribution in [1.29, 1.82) is 0 Å². The molecule has 30 heavy (non-hydrogen) atoms. The van der Waals surface area contributed by atoms with Crippen molar-refractivity contribution in [1.82, 2.24) is 0 Å². The van der Waals surface area contributed by atoms with Gasteiger partial charge in [-0.2, -0.15) is 10.8 Å². The zero-order valence-corrected chi connectivity index (χ0v) is 15.7. The molecule has 5 rings (SSSR count). The summed E-state index contributed by atoms with van der Waals surface area (Å²) >= 11 is 0. The van der Waals surface area contributed by atoms with Crippen LogP contribution in [0.2, 0.25) is 0 Å². The molecule has 2 aliphatic heterocycles. The number of nitro groups is 1. The fourth-order valence-electron chi connectivity index (χ4n) is 3.43. The van der Waals surface area contributed by atoms with E-state index in [4.69, 9.17) is 15.6 Å². The van der Waals surface area contributed by atoms with Gasteiger partial charge in [0.1, 0.15) is 17.6 Å². The predicted molar refractivity (Wildman–Crippen MR) is 112 cm³/mol. The average molecular weight is 398 g/mol. The smallest absolute Gasteiger partial charge is 0.311 e. The Morgan fingerprint density at radius 3 is 2.57 bits per heavy atom. The second kappa shape index (κ2) is 6.73. The Hall–Kier alpha value is -4.14. The minimum atomic E-state index is -0.470. The highest BCUT2D eigenvalue weighted by atomic mass is 16.6. The molecule has 1 unspecified atom stereocenters. The van der Waals surface area contributed by atoms with E-state index in [1.165, 1.54) is 6.07 Å². The number of ether oxygens (including phenoxy) is 1. The molecule has 0 fully saturated rings. The maximum absolute atomic E-state index is 11.2. The summed E-state index contributed by atoms with van der Waals surface area (Å²) in [6, 6.07) is 13.4. The quantitative estimate of drug-likeness (QED) is 0.354. The summed E-state index contributed by atoms with van der Waals surface area (Å²) in [4.78, 5) is 19.7. The van der Waals surface area contributed by atoms with Crippen LogP contribution < -0.4 is 10.6 Å². The molecule has 0 spiro atoms. The normalized spacial score (nSPS) is 21.1. The third kappa shape index (κ3) is 2.79. The van der Waals surface area contributed by atoms with Gasteiger partial charge >= 0.3 is 5.69 Å². The molecule has 0 amide bonds. The molecule has 0 aromatic heterocycles. The van der Waals surface area contributed by atoms with Gasteiger partial charge in [0.05, 0.1) is 22.9 Å². The topological polar surface area (TPSA) is 103 Å². The first-order valence-corrected chi connectivity index (χ1v) is 9.19. The highest BCUT2D eigenvalue weighted by Crippen LogP contribution is 2.37. The Bertz CT molecular complexity index is 1250. The summed E-state index contributed by atoms with van der Waals surface area (Å²) in [5.74, 6) is 7.99. The number of hydrogen-bond acceptors (Lipinski definition) is 6. The number of amidine groups is 1. The molecule has 146 valence electrons. The Balaban J connectivity index is 1.46. The number of fused-ring (bicyclic) bond motifs is 1. The number of hydrogen-bond donors (Lipinski definition) is 1. The molecular weight excluding hydrogens is 382 g/mol. The Morgan fingerprint density at radius 2 is 1.87 bits per heavy atom. The first kappa shape index (κ1) is 17.9. The largest absolute Gasteiger partial charge is 0.450 e. The van der Waals surface area contributed by atoms with E-state index in [0.29, 0.717) is 11.6 Å². The van der Waals surface area contributed by atoms with Crippen molar-refractivity contribution < 1.29 is 14.3 Å². The van der Waals surface area contributed by atoms with E-state index < -0.39 is 4.92 Å². The average Bonchev–Trinajstić information content (AvgIpc) is 3.00. The monoisotopic (exact) mass is 398 g/mol. The molecule has 2 N–H and O–H groups in total. The van der Waals surface area contributed by atoms with Crippen LogP contribution in [-0.4, -0.2) is 21.6 Å². The molecule has 3 aliphatic rings. The van der Waals surface area contributed by atoms with Gasteiger partial charge in [0, 0.05) is 11.6 Å². The van der Waals surface area contributed by atoms with Crippen molar-refractivity contribution in [2.45, 2.75) is 0 Å². The number of aliphatic imine (C=N–C) groups is 2. The number of allylic oxidation sites excluding steroid dienone is 4. The van der Waals surface area contributed by atoms with Crippen LogP contribution in [0.1, 0.15) is 5.56 Å². The van der Waals surface area contributed by atoms with Crippen molar-refractivity contribution in [3.8, 4) is 11.5 Å². The lowest BCUT2D eigenvalue weighted by molar-refractivity contribution is -0.750. The van der Waals surface area contributed by atoms with Crippen LogP contribution in [-0.2, 0) is 0 Å². The number of benzene rings is 2. The first-order chi connectivity index (χ1) is 14.6. The van der Waals surface area contributed by atoms with Gasteiger partial charge in [0.2, 0.25) is 11.4 Å². The van der Waals surface area contributed by atoms with Crippen molar-refractivity contribution in [2.75, 3.05) is 0 Å². The van der Waals surface area contributed by atoms with Crippen LogP contribution in [0.4, 0.5) is 5.69 Å². The lowest BCUT2D eigenvalue weighted by Gasteiger charge is -2.26. The summed E-state index contributed by atoms with van der Waals surface area (Å²) < 4.78 is 5.65. The number of quaternary nitrogens is 1. The van der Waals surface area contributed by atoms with Gasteiger partial charge in [0.25, 0.3) is 5.84 Å². The number of nitrogens with zero attached hydrogens (tertiary/aromatic N) is 4. The van der Waals surface area contributed by atoms with Crippen molar-refractivity contribution in [2.24, 2.45) is 15.8 Å². The summed E-state index contributed by atoms with van der Waals surface area (Å²) in [5.41, 5.74) is 3.31. The fourth-order valence-corrected chi connectivity index (χ4v) is 3.43. The SMILES string of the molecule is N[N+]12C=CN=CC1=C(C1=CC=C1)N=C2c1ccc(Oc2ccccc2[N+](=O)[O-])cc1. The Morgan fingerprint density at radius 1 is 1.10 bits per heavy atom. The number of rotatable bonds is 5. The van der Waals surface area contributed by atoms with E-state index in [1.807, 2.05) is 30.4 Å². The first-order valence-electron chi connectivity index (χ1n) is 9.19. The van der Waals surface area contributed by atoms with E-state index in [9.17, 15) is 10.1 Å². The Kier molecular flexibility index (Phi) is 4.02. The highest BCUT2D eigenvalue weighted by Gasteiger charge is 2.44. The highest BCUT2D eigenvalue weighted by molar-refractivity contribution is 6.01. The van der Waals surface area contributed by atoms with Gasteiger partial charge in [-0.15, -0.1) is 4.59 Å². The van der Waals surface area contributed by atoms with Gasteiger partial charge in [-0.05, 0) is 30.3 Å².